The van der Waals surface area contributed by atoms with Crippen LogP contribution in [-0.2, 0) is 0 Å². The number of rotatable bonds is 2. The molecule has 1 amide bonds. The number of halogens is 2. The number of nitrogens with one attached hydrogen (secondary N) is 2. The van der Waals surface area contributed by atoms with Gasteiger partial charge in [0.2, 0.25) is 0 Å². The van der Waals surface area contributed by atoms with Gasteiger partial charge in [0.1, 0.15) is 5.75 Å². The molecule has 0 aliphatic heterocycles. The highest BCUT2D eigenvalue weighted by molar-refractivity contribution is 7.80. The Bertz CT molecular complexity index is 707. The molecule has 0 saturated heterocycles. The van der Waals surface area contributed by atoms with E-state index in [1.54, 1.807) is 24.3 Å². The topological polar surface area (TPSA) is 61.4 Å². The number of phenols is 1. The van der Waals surface area contributed by atoms with E-state index in [-0.39, 0.29) is 10.9 Å². The number of carbonyl (C=O) groups is 1. The number of aromatic hydroxyl groups is 1. The van der Waals surface area contributed by atoms with Crippen LogP contribution in [0.4, 0.5) is 5.69 Å². The summed E-state index contributed by atoms with van der Waals surface area (Å²) in [5.41, 5.74) is 0.602. The molecule has 3 N–H and O–H groups in total. The fourth-order valence-electron chi connectivity index (χ4n) is 1.58. The van der Waals surface area contributed by atoms with Gasteiger partial charge < -0.3 is 10.4 Å². The molecular weight excluding hydrogens is 331 g/mol. The molecule has 2 aromatic rings. The monoisotopic (exact) mass is 340 g/mol. The molecule has 0 unspecified atom stereocenters. The third kappa shape index (κ3) is 4.07. The molecule has 0 radical (unpaired) electrons. The summed E-state index contributed by atoms with van der Waals surface area (Å²) in [6.07, 6.45) is 0. The number of benzene rings is 2. The summed E-state index contributed by atoms with van der Waals surface area (Å²) < 4.78 is 0. The maximum atomic E-state index is 12.0. The van der Waals surface area contributed by atoms with E-state index >= 15 is 0 Å². The van der Waals surface area contributed by atoms with Crippen LogP contribution >= 0.6 is 35.4 Å². The number of carbonyl (C=O) groups excluding carboxylic acids is 1. The minimum atomic E-state index is -0.445. The van der Waals surface area contributed by atoms with Gasteiger partial charge in [-0.1, -0.05) is 35.3 Å². The van der Waals surface area contributed by atoms with Crippen LogP contribution in [0.2, 0.25) is 10.0 Å². The first-order valence-electron chi connectivity index (χ1n) is 5.83. The summed E-state index contributed by atoms with van der Waals surface area (Å²) in [6.45, 7) is 0. The normalized spacial score (nSPS) is 10.0. The highest BCUT2D eigenvalue weighted by Gasteiger charge is 2.12. The van der Waals surface area contributed by atoms with Crippen LogP contribution in [0, 0.1) is 0 Å². The van der Waals surface area contributed by atoms with Crippen molar-refractivity contribution in [2.75, 3.05) is 5.32 Å². The minimum Gasteiger partial charge on any atom is -0.506 e. The van der Waals surface area contributed by atoms with Crippen LogP contribution in [0.25, 0.3) is 0 Å². The highest BCUT2D eigenvalue weighted by atomic mass is 35.5. The lowest BCUT2D eigenvalue weighted by molar-refractivity contribution is 0.0978. The summed E-state index contributed by atoms with van der Waals surface area (Å²) in [5.74, 6) is -0.478. The molecule has 7 heteroatoms. The van der Waals surface area contributed by atoms with Crippen molar-refractivity contribution in [3.8, 4) is 5.75 Å². The summed E-state index contributed by atoms with van der Waals surface area (Å²) in [6, 6.07) is 11.0. The van der Waals surface area contributed by atoms with Gasteiger partial charge in [0, 0.05) is 5.02 Å². The zero-order valence-electron chi connectivity index (χ0n) is 10.6. The van der Waals surface area contributed by atoms with Crippen molar-refractivity contribution in [1.29, 1.82) is 0 Å². The van der Waals surface area contributed by atoms with Crippen molar-refractivity contribution in [2.45, 2.75) is 0 Å². The number of phenolic OH excluding ortho intramolecular Hbond substituents is 1. The van der Waals surface area contributed by atoms with Crippen LogP contribution in [-0.4, -0.2) is 16.1 Å². The average Bonchev–Trinajstić information content (AvgIpc) is 2.43. The van der Waals surface area contributed by atoms with Crippen LogP contribution in [0.15, 0.2) is 42.5 Å². The molecule has 0 fully saturated rings. The molecular formula is C14H10Cl2N2O2S. The summed E-state index contributed by atoms with van der Waals surface area (Å²) >= 11 is 16.8. The zero-order valence-corrected chi connectivity index (χ0v) is 12.9. The molecule has 0 atom stereocenters. The minimum absolute atomic E-state index is 0.0255. The molecule has 4 nitrogen and oxygen atoms in total. The SMILES string of the molecule is O=C(NC(=S)Nc1cc(Cl)ccc1O)c1ccccc1Cl. The fourth-order valence-corrected chi connectivity index (χ4v) is 2.17. The van der Waals surface area contributed by atoms with Gasteiger partial charge in [0.05, 0.1) is 16.3 Å². The van der Waals surface area contributed by atoms with E-state index in [0.29, 0.717) is 21.3 Å². The largest absolute Gasteiger partial charge is 0.506 e. The summed E-state index contributed by atoms with van der Waals surface area (Å²) in [5, 5.41) is 15.6. The van der Waals surface area contributed by atoms with Crippen molar-refractivity contribution in [3.05, 3.63) is 58.1 Å². The van der Waals surface area contributed by atoms with Gasteiger partial charge in [0.25, 0.3) is 5.91 Å². The Morgan fingerprint density at radius 3 is 2.57 bits per heavy atom. The van der Waals surface area contributed by atoms with Crippen molar-refractivity contribution in [2.24, 2.45) is 0 Å². The van der Waals surface area contributed by atoms with E-state index in [9.17, 15) is 9.90 Å². The first-order chi connectivity index (χ1) is 9.97. The van der Waals surface area contributed by atoms with Crippen molar-refractivity contribution in [3.63, 3.8) is 0 Å². The smallest absolute Gasteiger partial charge is 0.258 e. The van der Waals surface area contributed by atoms with Gasteiger partial charge in [-0.05, 0) is 42.5 Å². The Kier molecular flexibility index (Phi) is 5.01. The molecule has 0 saturated carbocycles. The number of amides is 1. The first-order valence-corrected chi connectivity index (χ1v) is 6.99. The number of thiocarbonyl (C=S) groups is 1. The molecule has 2 rings (SSSR count). The third-order valence-corrected chi connectivity index (χ3v) is 3.32. The molecule has 0 bridgehead atoms. The highest BCUT2D eigenvalue weighted by Crippen LogP contribution is 2.26. The quantitative estimate of drug-likeness (QED) is 0.574. The van der Waals surface area contributed by atoms with Gasteiger partial charge >= 0.3 is 0 Å². The van der Waals surface area contributed by atoms with Crippen LogP contribution in [0.5, 0.6) is 5.75 Å². The molecule has 0 heterocycles. The molecule has 0 aliphatic rings. The second-order valence-corrected chi connectivity index (χ2v) is 5.30. The van der Waals surface area contributed by atoms with E-state index in [1.165, 1.54) is 18.2 Å². The van der Waals surface area contributed by atoms with Gasteiger partial charge in [-0.2, -0.15) is 0 Å². The maximum absolute atomic E-state index is 12.0. The molecule has 0 aromatic heterocycles. The van der Waals surface area contributed by atoms with Gasteiger partial charge in [-0.15, -0.1) is 0 Å². The summed E-state index contributed by atoms with van der Waals surface area (Å²) in [7, 11) is 0. The Hall–Kier alpha value is -1.82. The predicted octanol–water partition coefficient (Wildman–Crippen LogP) is 3.83. The molecule has 108 valence electrons. The third-order valence-electron chi connectivity index (χ3n) is 2.55. The van der Waals surface area contributed by atoms with E-state index in [4.69, 9.17) is 35.4 Å². The lowest BCUT2D eigenvalue weighted by Gasteiger charge is -2.11. The van der Waals surface area contributed by atoms with Crippen LogP contribution < -0.4 is 10.6 Å². The second-order valence-electron chi connectivity index (χ2n) is 4.05. The van der Waals surface area contributed by atoms with E-state index < -0.39 is 5.91 Å². The Morgan fingerprint density at radius 1 is 1.14 bits per heavy atom. The molecule has 21 heavy (non-hydrogen) atoms. The number of anilines is 1. The zero-order chi connectivity index (χ0) is 15.4. The Balaban J connectivity index is 2.07. The molecule has 0 aliphatic carbocycles. The van der Waals surface area contributed by atoms with Crippen molar-refractivity contribution in [1.82, 2.24) is 5.32 Å². The van der Waals surface area contributed by atoms with Crippen LogP contribution in [0.3, 0.4) is 0 Å². The Morgan fingerprint density at radius 2 is 1.86 bits per heavy atom. The molecule has 0 spiro atoms. The van der Waals surface area contributed by atoms with E-state index in [1.807, 2.05) is 0 Å². The van der Waals surface area contributed by atoms with E-state index in [0.717, 1.165) is 0 Å². The first kappa shape index (κ1) is 15.6. The van der Waals surface area contributed by atoms with Gasteiger partial charge in [-0.3, -0.25) is 10.1 Å². The lowest BCUT2D eigenvalue weighted by atomic mass is 10.2. The number of hydrogen-bond acceptors (Lipinski definition) is 3. The van der Waals surface area contributed by atoms with E-state index in [2.05, 4.69) is 10.6 Å². The second kappa shape index (κ2) is 6.76. The molecule has 2 aromatic carbocycles. The van der Waals surface area contributed by atoms with Crippen molar-refractivity contribution < 1.29 is 9.90 Å². The maximum Gasteiger partial charge on any atom is 0.258 e. The standard InChI is InChI=1S/C14H10Cl2N2O2S/c15-8-5-6-12(19)11(7-8)17-14(21)18-13(20)9-3-1-2-4-10(9)16/h1-7,19H,(H2,17,18,20,21). The summed E-state index contributed by atoms with van der Waals surface area (Å²) in [4.78, 5) is 12.0. The van der Waals surface area contributed by atoms with Gasteiger partial charge in [0.15, 0.2) is 5.11 Å². The fraction of sp³-hybridized carbons (Fsp3) is 0. The Labute approximate surface area is 136 Å². The van der Waals surface area contributed by atoms with Crippen LogP contribution in [0.1, 0.15) is 10.4 Å². The number of hydrogen-bond donors (Lipinski definition) is 3. The predicted molar refractivity (Wildman–Crippen MR) is 88.3 cm³/mol. The van der Waals surface area contributed by atoms with Gasteiger partial charge in [-0.25, -0.2) is 0 Å². The average molecular weight is 341 g/mol. The lowest BCUT2D eigenvalue weighted by Crippen LogP contribution is -2.34. The van der Waals surface area contributed by atoms with Crippen molar-refractivity contribution >= 4 is 52.1 Å².